The summed E-state index contributed by atoms with van der Waals surface area (Å²) in [6, 6.07) is 24.6. The van der Waals surface area contributed by atoms with Crippen LogP contribution in [0.5, 0.6) is 0 Å². The van der Waals surface area contributed by atoms with Crippen molar-refractivity contribution in [1.29, 1.82) is 0 Å². The predicted molar refractivity (Wildman–Crippen MR) is 113 cm³/mol. The van der Waals surface area contributed by atoms with Gasteiger partial charge in [-0.15, -0.1) is 0 Å². The van der Waals surface area contributed by atoms with E-state index in [2.05, 4.69) is 68.6 Å². The van der Waals surface area contributed by atoms with Crippen molar-refractivity contribution in [1.82, 2.24) is 0 Å². The van der Waals surface area contributed by atoms with Crippen LogP contribution < -0.4 is 0 Å². The topological polar surface area (TPSA) is 97.5 Å². The Morgan fingerprint density at radius 1 is 0.607 bits per heavy atom. The highest BCUT2D eigenvalue weighted by Gasteiger charge is 2.06. The van der Waals surface area contributed by atoms with E-state index < -0.39 is 0 Å². The molecular weight excluding hydrogens is 348 g/mol. The van der Waals surface area contributed by atoms with Crippen LogP contribution in [0.2, 0.25) is 0 Å². The molecular formula is C22H16N6. The summed E-state index contributed by atoms with van der Waals surface area (Å²) in [5, 5.41) is 11.8. The van der Waals surface area contributed by atoms with E-state index in [9.17, 15) is 0 Å². The van der Waals surface area contributed by atoms with Gasteiger partial charge in [0.25, 0.3) is 0 Å². The van der Waals surface area contributed by atoms with Gasteiger partial charge in [-0.25, -0.2) is 0 Å². The zero-order valence-electron chi connectivity index (χ0n) is 15.0. The highest BCUT2D eigenvalue weighted by Crippen LogP contribution is 2.30. The Balaban J connectivity index is 1.86. The van der Waals surface area contributed by atoms with Gasteiger partial charge in [0.15, 0.2) is 0 Å². The summed E-state index contributed by atoms with van der Waals surface area (Å²) in [7, 11) is 0. The van der Waals surface area contributed by atoms with E-state index in [1.807, 2.05) is 24.3 Å². The smallest absolute Gasteiger partial charge is 0.0517 e. The largest absolute Gasteiger partial charge is 0.0893 e. The van der Waals surface area contributed by atoms with Crippen LogP contribution >= 0.6 is 0 Å². The molecule has 0 heterocycles. The van der Waals surface area contributed by atoms with E-state index in [0.29, 0.717) is 13.1 Å². The van der Waals surface area contributed by atoms with Gasteiger partial charge in [0.05, 0.1) is 13.1 Å². The lowest BCUT2D eigenvalue weighted by Gasteiger charge is -2.10. The Bertz CT molecular complexity index is 1180. The van der Waals surface area contributed by atoms with Crippen molar-refractivity contribution in [2.24, 2.45) is 10.2 Å². The van der Waals surface area contributed by atoms with E-state index in [4.69, 9.17) is 11.1 Å². The van der Waals surface area contributed by atoms with E-state index in [0.717, 1.165) is 43.8 Å². The van der Waals surface area contributed by atoms with Crippen LogP contribution in [-0.2, 0) is 13.1 Å². The number of rotatable bonds is 5. The first-order valence-corrected chi connectivity index (χ1v) is 8.85. The third-order valence-corrected chi connectivity index (χ3v) is 4.89. The standard InChI is InChI=1S/C22H16N6/c23-27-25-13-19-5-1-3-15-7-9-17(11-21(15)19)18-10-8-16-4-2-6-20(14-26-28-24)22(16)12-18/h1-12H,13-14H2. The predicted octanol–water partition coefficient (Wildman–Crippen LogP) is 7.28. The summed E-state index contributed by atoms with van der Waals surface area (Å²) in [6.07, 6.45) is 0. The van der Waals surface area contributed by atoms with Crippen molar-refractivity contribution in [3.8, 4) is 11.1 Å². The van der Waals surface area contributed by atoms with Crippen molar-refractivity contribution in [3.63, 3.8) is 0 Å². The van der Waals surface area contributed by atoms with Gasteiger partial charge in [-0.1, -0.05) is 70.9 Å². The van der Waals surface area contributed by atoms with Crippen LogP contribution in [0.25, 0.3) is 53.6 Å². The van der Waals surface area contributed by atoms with Gasteiger partial charge in [-0.05, 0) is 67.0 Å². The van der Waals surface area contributed by atoms with E-state index in [1.165, 1.54) is 0 Å². The summed E-state index contributed by atoms with van der Waals surface area (Å²) >= 11 is 0. The van der Waals surface area contributed by atoms with Crippen molar-refractivity contribution >= 4 is 21.5 Å². The van der Waals surface area contributed by atoms with Crippen LogP contribution in [0.4, 0.5) is 0 Å². The molecule has 6 nitrogen and oxygen atoms in total. The molecule has 4 rings (SSSR count). The molecule has 134 valence electrons. The zero-order chi connectivity index (χ0) is 19.3. The molecule has 0 aliphatic carbocycles. The maximum Gasteiger partial charge on any atom is 0.0517 e. The first-order valence-electron chi connectivity index (χ1n) is 8.85. The molecule has 6 heteroatoms. The quantitative estimate of drug-likeness (QED) is 0.202. The molecule has 0 N–H and O–H groups in total. The normalized spacial score (nSPS) is 10.4. The molecule has 0 aliphatic rings. The van der Waals surface area contributed by atoms with Gasteiger partial charge in [0.1, 0.15) is 0 Å². The molecule has 28 heavy (non-hydrogen) atoms. The molecule has 0 saturated carbocycles. The van der Waals surface area contributed by atoms with Crippen molar-refractivity contribution in [2.75, 3.05) is 0 Å². The molecule has 4 aromatic carbocycles. The summed E-state index contributed by atoms with van der Waals surface area (Å²) in [6.45, 7) is 0.649. The minimum Gasteiger partial charge on any atom is -0.0893 e. The third-order valence-electron chi connectivity index (χ3n) is 4.89. The second-order valence-electron chi connectivity index (χ2n) is 6.48. The monoisotopic (exact) mass is 364 g/mol. The average Bonchev–Trinajstić information content (AvgIpc) is 2.75. The maximum absolute atomic E-state index is 8.65. The molecule has 0 saturated heterocycles. The van der Waals surface area contributed by atoms with E-state index >= 15 is 0 Å². The molecule has 0 bridgehead atoms. The van der Waals surface area contributed by atoms with Gasteiger partial charge in [-0.2, -0.15) is 0 Å². The first-order chi connectivity index (χ1) is 13.8. The number of azide groups is 2. The molecule has 4 aromatic rings. The second-order valence-corrected chi connectivity index (χ2v) is 6.48. The molecule has 0 amide bonds. The average molecular weight is 364 g/mol. The Morgan fingerprint density at radius 3 is 1.50 bits per heavy atom. The number of hydrogen-bond acceptors (Lipinski definition) is 2. The summed E-state index contributed by atoms with van der Waals surface area (Å²) in [5.41, 5.74) is 21.5. The third kappa shape index (κ3) is 3.33. The summed E-state index contributed by atoms with van der Waals surface area (Å²) in [4.78, 5) is 5.75. The van der Waals surface area contributed by atoms with Crippen LogP contribution in [-0.4, -0.2) is 0 Å². The Morgan fingerprint density at radius 2 is 1.07 bits per heavy atom. The number of nitrogens with zero attached hydrogens (tertiary/aromatic N) is 6. The minimum absolute atomic E-state index is 0.325. The van der Waals surface area contributed by atoms with Gasteiger partial charge in [0, 0.05) is 9.82 Å². The molecule has 0 atom stereocenters. The summed E-state index contributed by atoms with van der Waals surface area (Å²) in [5.74, 6) is 0. The SMILES string of the molecule is [N-]=[N+]=NCc1cccc2ccc(-c3ccc4cccc(CN=[N+]=[N-])c4c3)cc12. The van der Waals surface area contributed by atoms with Gasteiger partial charge < -0.3 is 0 Å². The van der Waals surface area contributed by atoms with Crippen LogP contribution in [0.3, 0.4) is 0 Å². The highest BCUT2D eigenvalue weighted by molar-refractivity contribution is 5.93. The molecule has 0 aliphatic heterocycles. The van der Waals surface area contributed by atoms with Crippen LogP contribution in [0.1, 0.15) is 11.1 Å². The Labute approximate surface area is 161 Å². The number of fused-ring (bicyclic) bond motifs is 2. The Hall–Kier alpha value is -3.98. The van der Waals surface area contributed by atoms with Gasteiger partial charge >= 0.3 is 0 Å². The lowest BCUT2D eigenvalue weighted by Crippen LogP contribution is -1.88. The van der Waals surface area contributed by atoms with Crippen LogP contribution in [0, 0.1) is 0 Å². The summed E-state index contributed by atoms with van der Waals surface area (Å²) < 4.78 is 0. The Kier molecular flexibility index (Phi) is 4.81. The number of benzene rings is 4. The van der Waals surface area contributed by atoms with Crippen molar-refractivity contribution in [3.05, 3.63) is 105 Å². The van der Waals surface area contributed by atoms with Crippen LogP contribution in [0.15, 0.2) is 83.0 Å². The fourth-order valence-corrected chi connectivity index (χ4v) is 3.53. The van der Waals surface area contributed by atoms with E-state index in [-0.39, 0.29) is 0 Å². The maximum atomic E-state index is 8.65. The fraction of sp³-hybridized carbons (Fsp3) is 0.0909. The van der Waals surface area contributed by atoms with Gasteiger partial charge in [-0.3, -0.25) is 0 Å². The molecule has 0 spiro atoms. The van der Waals surface area contributed by atoms with Crippen molar-refractivity contribution < 1.29 is 0 Å². The lowest BCUT2D eigenvalue weighted by atomic mass is 9.95. The molecule has 0 aromatic heterocycles. The van der Waals surface area contributed by atoms with E-state index in [1.54, 1.807) is 0 Å². The first kappa shape index (κ1) is 17.4. The highest BCUT2D eigenvalue weighted by atomic mass is 15.1. The zero-order valence-corrected chi connectivity index (χ0v) is 15.0. The fourth-order valence-electron chi connectivity index (χ4n) is 3.53. The number of hydrogen-bond donors (Lipinski definition) is 0. The van der Waals surface area contributed by atoms with Gasteiger partial charge in [0.2, 0.25) is 0 Å². The lowest BCUT2D eigenvalue weighted by molar-refractivity contribution is 1.06. The molecule has 0 unspecified atom stereocenters. The molecule has 0 fully saturated rings. The van der Waals surface area contributed by atoms with Crippen molar-refractivity contribution in [2.45, 2.75) is 13.1 Å². The minimum atomic E-state index is 0.325. The second kappa shape index (κ2) is 7.72. The molecule has 0 radical (unpaired) electrons.